The maximum atomic E-state index is 12.1. The number of nitrogens with one attached hydrogen (secondary N) is 1. The average Bonchev–Trinajstić information content (AvgIpc) is 2.37. The number of aromatic carboxylic acids is 1. The Kier molecular flexibility index (Phi) is 6.61. The first kappa shape index (κ1) is 18.4. The van der Waals surface area contributed by atoms with Gasteiger partial charge in [-0.05, 0) is 47.8 Å². The van der Waals surface area contributed by atoms with Crippen molar-refractivity contribution in [1.29, 1.82) is 0 Å². The van der Waals surface area contributed by atoms with Crippen LogP contribution in [0.25, 0.3) is 0 Å². The van der Waals surface area contributed by atoms with Gasteiger partial charge < -0.3 is 10.2 Å². The first-order valence-electron chi connectivity index (χ1n) is 6.05. The molecule has 1 unspecified atom stereocenters. The van der Waals surface area contributed by atoms with Crippen LogP contribution in [0.4, 0.5) is 0 Å². The summed E-state index contributed by atoms with van der Waals surface area (Å²) in [5.74, 6) is -1.31. The summed E-state index contributed by atoms with van der Waals surface area (Å²) in [4.78, 5) is 10.9. The van der Waals surface area contributed by atoms with Gasteiger partial charge in [0.1, 0.15) is 0 Å². The van der Waals surface area contributed by atoms with Crippen molar-refractivity contribution in [3.05, 3.63) is 27.2 Å². The second-order valence-electron chi connectivity index (χ2n) is 4.46. The molecule has 0 amide bonds. The van der Waals surface area contributed by atoms with Crippen LogP contribution in [0.5, 0.6) is 0 Å². The molecular formula is C12H15BrClNO5S. The second kappa shape index (κ2) is 7.55. The van der Waals surface area contributed by atoms with Gasteiger partial charge in [0.05, 0.1) is 21.6 Å². The molecule has 118 valence electrons. The van der Waals surface area contributed by atoms with Crippen molar-refractivity contribution < 1.29 is 23.4 Å². The summed E-state index contributed by atoms with van der Waals surface area (Å²) in [7, 11) is -3.84. The van der Waals surface area contributed by atoms with E-state index >= 15 is 0 Å². The Labute approximate surface area is 136 Å². The molecule has 9 heteroatoms. The van der Waals surface area contributed by atoms with E-state index in [1.165, 1.54) is 6.07 Å². The molecule has 0 heterocycles. The normalized spacial score (nSPS) is 13.1. The molecule has 0 fully saturated rings. The lowest BCUT2D eigenvalue weighted by Gasteiger charge is -2.10. The second-order valence-corrected chi connectivity index (χ2v) is 7.46. The van der Waals surface area contributed by atoms with Crippen molar-refractivity contribution in [2.24, 2.45) is 0 Å². The zero-order valence-electron chi connectivity index (χ0n) is 11.1. The zero-order valence-corrected chi connectivity index (χ0v) is 14.3. The molecule has 1 atom stereocenters. The van der Waals surface area contributed by atoms with Crippen LogP contribution in [0.3, 0.4) is 0 Å². The Hall–Kier alpha value is -0.670. The molecule has 0 saturated carbocycles. The maximum absolute atomic E-state index is 12.1. The molecular weight excluding hydrogens is 386 g/mol. The molecule has 0 aliphatic heterocycles. The van der Waals surface area contributed by atoms with Crippen LogP contribution in [0.1, 0.15) is 30.1 Å². The Morgan fingerprint density at radius 1 is 1.48 bits per heavy atom. The molecule has 0 saturated heterocycles. The van der Waals surface area contributed by atoms with E-state index < -0.39 is 22.1 Å². The molecule has 21 heavy (non-hydrogen) atoms. The smallest absolute Gasteiger partial charge is 0.337 e. The van der Waals surface area contributed by atoms with Crippen molar-refractivity contribution >= 4 is 43.5 Å². The SMILES string of the molecule is CC(O)CCCNS(=O)(=O)c1cc(Br)c(Cl)c(C(=O)O)c1. The topological polar surface area (TPSA) is 104 Å². The highest BCUT2D eigenvalue weighted by Gasteiger charge is 2.20. The minimum atomic E-state index is -3.84. The molecule has 0 radical (unpaired) electrons. The highest BCUT2D eigenvalue weighted by atomic mass is 79.9. The van der Waals surface area contributed by atoms with Gasteiger partial charge in [0, 0.05) is 11.0 Å². The molecule has 0 bridgehead atoms. The number of halogens is 2. The van der Waals surface area contributed by atoms with Crippen LogP contribution in [0, 0.1) is 0 Å². The molecule has 0 aliphatic rings. The number of carboxylic acids is 1. The van der Waals surface area contributed by atoms with Crippen LogP contribution in [0.2, 0.25) is 5.02 Å². The molecule has 1 aromatic carbocycles. The van der Waals surface area contributed by atoms with Crippen LogP contribution in [-0.4, -0.2) is 37.2 Å². The lowest BCUT2D eigenvalue weighted by atomic mass is 10.2. The first-order chi connectivity index (χ1) is 9.65. The third-order valence-electron chi connectivity index (χ3n) is 2.63. The molecule has 1 rings (SSSR count). The maximum Gasteiger partial charge on any atom is 0.337 e. The van der Waals surface area contributed by atoms with Gasteiger partial charge in [-0.15, -0.1) is 0 Å². The molecule has 6 nitrogen and oxygen atoms in total. The number of benzene rings is 1. The summed E-state index contributed by atoms with van der Waals surface area (Å²) in [5.41, 5.74) is -0.296. The van der Waals surface area contributed by atoms with Crippen LogP contribution < -0.4 is 4.72 Å². The highest BCUT2D eigenvalue weighted by Crippen LogP contribution is 2.29. The van der Waals surface area contributed by atoms with Gasteiger partial charge >= 0.3 is 5.97 Å². The Morgan fingerprint density at radius 2 is 2.10 bits per heavy atom. The van der Waals surface area contributed by atoms with E-state index in [1.807, 2.05) is 0 Å². The highest BCUT2D eigenvalue weighted by molar-refractivity contribution is 9.10. The van der Waals surface area contributed by atoms with Gasteiger partial charge in [-0.25, -0.2) is 17.9 Å². The van der Waals surface area contributed by atoms with Crippen LogP contribution in [0.15, 0.2) is 21.5 Å². The first-order valence-corrected chi connectivity index (χ1v) is 8.70. The molecule has 0 aliphatic carbocycles. The third kappa shape index (κ3) is 5.23. The van der Waals surface area contributed by atoms with E-state index in [0.717, 1.165) is 6.07 Å². The predicted octanol–water partition coefficient (Wildman–Crippen LogP) is 2.24. The standard InChI is InChI=1S/C12H15BrClNO5S/c1-7(16)3-2-4-15-21(19,20)8-5-9(12(17)18)11(14)10(13)6-8/h5-7,15-16H,2-4H2,1H3,(H,17,18). The summed E-state index contributed by atoms with van der Waals surface area (Å²) < 4.78 is 26.7. The fourth-order valence-corrected chi connectivity index (χ4v) is 3.49. The monoisotopic (exact) mass is 399 g/mol. The van der Waals surface area contributed by atoms with E-state index in [2.05, 4.69) is 20.7 Å². The number of hydrogen-bond donors (Lipinski definition) is 3. The van der Waals surface area contributed by atoms with E-state index in [9.17, 15) is 13.2 Å². The Balaban J connectivity index is 2.96. The Bertz CT molecular complexity index is 633. The summed E-state index contributed by atoms with van der Waals surface area (Å²) in [6.45, 7) is 1.76. The van der Waals surface area contributed by atoms with Gasteiger partial charge in [-0.1, -0.05) is 11.6 Å². The van der Waals surface area contributed by atoms with Gasteiger partial charge in [-0.2, -0.15) is 0 Å². The van der Waals surface area contributed by atoms with E-state index in [-0.39, 0.29) is 26.5 Å². The van der Waals surface area contributed by atoms with Crippen molar-refractivity contribution in [2.75, 3.05) is 6.54 Å². The van der Waals surface area contributed by atoms with E-state index in [0.29, 0.717) is 12.8 Å². The number of aliphatic hydroxyl groups excluding tert-OH is 1. The molecule has 1 aromatic rings. The number of carboxylic acid groups (broad SMARTS) is 1. The fraction of sp³-hybridized carbons (Fsp3) is 0.417. The van der Waals surface area contributed by atoms with Crippen molar-refractivity contribution in [3.63, 3.8) is 0 Å². The summed E-state index contributed by atoms with van der Waals surface area (Å²) in [5, 5.41) is 18.0. The quantitative estimate of drug-likeness (QED) is 0.609. The lowest BCUT2D eigenvalue weighted by molar-refractivity contribution is 0.0696. The van der Waals surface area contributed by atoms with E-state index in [1.54, 1.807) is 6.92 Å². The van der Waals surface area contributed by atoms with Crippen molar-refractivity contribution in [3.8, 4) is 0 Å². The average molecular weight is 401 g/mol. The molecule has 0 spiro atoms. The number of aliphatic hydroxyl groups is 1. The number of hydrogen-bond acceptors (Lipinski definition) is 4. The van der Waals surface area contributed by atoms with E-state index in [4.69, 9.17) is 21.8 Å². The van der Waals surface area contributed by atoms with Gasteiger partial charge in [0.15, 0.2) is 0 Å². The molecule has 3 N–H and O–H groups in total. The summed E-state index contributed by atoms with van der Waals surface area (Å²) in [6.07, 6.45) is 0.433. The summed E-state index contributed by atoms with van der Waals surface area (Å²) >= 11 is 8.84. The van der Waals surface area contributed by atoms with Crippen molar-refractivity contribution in [1.82, 2.24) is 4.72 Å². The minimum absolute atomic E-state index is 0.0597. The molecule has 0 aromatic heterocycles. The van der Waals surface area contributed by atoms with Crippen LogP contribution in [-0.2, 0) is 10.0 Å². The minimum Gasteiger partial charge on any atom is -0.478 e. The third-order valence-corrected chi connectivity index (χ3v) is 5.33. The number of rotatable bonds is 7. The van der Waals surface area contributed by atoms with Crippen LogP contribution >= 0.6 is 27.5 Å². The summed E-state index contributed by atoms with van der Waals surface area (Å²) in [6, 6.07) is 2.25. The number of carbonyl (C=O) groups is 1. The van der Waals surface area contributed by atoms with Gasteiger partial charge in [0.2, 0.25) is 10.0 Å². The fourth-order valence-electron chi connectivity index (χ4n) is 1.56. The lowest BCUT2D eigenvalue weighted by Crippen LogP contribution is -2.25. The van der Waals surface area contributed by atoms with Crippen molar-refractivity contribution in [2.45, 2.75) is 30.8 Å². The Morgan fingerprint density at radius 3 is 2.62 bits per heavy atom. The predicted molar refractivity (Wildman–Crippen MR) is 82.2 cm³/mol. The number of sulfonamides is 1. The largest absolute Gasteiger partial charge is 0.478 e. The van der Waals surface area contributed by atoms with Gasteiger partial charge in [-0.3, -0.25) is 0 Å². The zero-order chi connectivity index (χ0) is 16.2. The van der Waals surface area contributed by atoms with Gasteiger partial charge in [0.25, 0.3) is 0 Å².